The largest absolute Gasteiger partial charge is 0.450 e. The van der Waals surface area contributed by atoms with Crippen molar-refractivity contribution in [2.75, 3.05) is 39.4 Å². The van der Waals surface area contributed by atoms with Crippen LogP contribution in [0.15, 0.2) is 4.99 Å². The molecular weight excluding hydrogens is 387 g/mol. The minimum absolute atomic E-state index is 0. The molecule has 1 saturated heterocycles. The number of halogens is 1. The number of aliphatic hydroxyl groups excluding tert-OH is 1. The summed E-state index contributed by atoms with van der Waals surface area (Å²) in [4.78, 5) is 17.6. The second-order valence-corrected chi connectivity index (χ2v) is 4.59. The van der Waals surface area contributed by atoms with Crippen LogP contribution in [0.1, 0.15) is 26.7 Å². The number of hydrogen-bond donors (Lipinski definition) is 3. The lowest BCUT2D eigenvalue weighted by Gasteiger charge is -2.32. The normalized spacial score (nSPS) is 16.1. The van der Waals surface area contributed by atoms with E-state index in [2.05, 4.69) is 15.6 Å². The first-order valence-corrected chi connectivity index (χ1v) is 7.28. The van der Waals surface area contributed by atoms with Crippen LogP contribution in [-0.2, 0) is 4.74 Å². The highest BCUT2D eigenvalue weighted by Gasteiger charge is 2.23. The smallest absolute Gasteiger partial charge is 0.409 e. The Labute approximate surface area is 143 Å². The molecule has 7 nitrogen and oxygen atoms in total. The van der Waals surface area contributed by atoms with Crippen LogP contribution < -0.4 is 10.6 Å². The van der Waals surface area contributed by atoms with Crippen LogP contribution in [0.25, 0.3) is 0 Å². The molecule has 0 atom stereocenters. The third-order valence-electron chi connectivity index (χ3n) is 3.08. The maximum Gasteiger partial charge on any atom is 0.409 e. The van der Waals surface area contributed by atoms with E-state index in [4.69, 9.17) is 9.84 Å². The molecular formula is C13H27IN4O3. The molecule has 1 fully saturated rings. The molecule has 0 bridgehead atoms. The molecule has 1 heterocycles. The molecule has 0 radical (unpaired) electrons. The summed E-state index contributed by atoms with van der Waals surface area (Å²) in [5.74, 6) is 0.719. The van der Waals surface area contributed by atoms with Crippen molar-refractivity contribution >= 4 is 36.0 Å². The topological polar surface area (TPSA) is 86.2 Å². The fourth-order valence-electron chi connectivity index (χ4n) is 2.10. The lowest BCUT2D eigenvalue weighted by Crippen LogP contribution is -2.50. The third-order valence-corrected chi connectivity index (χ3v) is 3.08. The Kier molecular flexibility index (Phi) is 11.4. The summed E-state index contributed by atoms with van der Waals surface area (Å²) in [7, 11) is 0. The highest BCUT2D eigenvalue weighted by Crippen LogP contribution is 2.11. The number of piperidine rings is 1. The van der Waals surface area contributed by atoms with Crippen LogP contribution in [0.4, 0.5) is 4.79 Å². The van der Waals surface area contributed by atoms with Crippen molar-refractivity contribution in [3.8, 4) is 0 Å². The van der Waals surface area contributed by atoms with Gasteiger partial charge < -0.3 is 25.4 Å². The number of nitrogens with zero attached hydrogens (tertiary/aromatic N) is 2. The number of guanidine groups is 1. The van der Waals surface area contributed by atoms with Crippen molar-refractivity contribution in [3.05, 3.63) is 0 Å². The molecule has 21 heavy (non-hydrogen) atoms. The van der Waals surface area contributed by atoms with Gasteiger partial charge in [0.25, 0.3) is 0 Å². The molecule has 0 unspecified atom stereocenters. The van der Waals surface area contributed by atoms with Gasteiger partial charge in [-0.1, -0.05) is 0 Å². The second kappa shape index (κ2) is 11.8. The van der Waals surface area contributed by atoms with E-state index in [9.17, 15) is 4.79 Å². The van der Waals surface area contributed by atoms with Crippen LogP contribution >= 0.6 is 24.0 Å². The molecule has 1 aliphatic rings. The highest BCUT2D eigenvalue weighted by molar-refractivity contribution is 14.0. The van der Waals surface area contributed by atoms with Crippen LogP contribution in [0, 0.1) is 0 Å². The van der Waals surface area contributed by atoms with E-state index in [1.807, 2.05) is 13.8 Å². The van der Waals surface area contributed by atoms with E-state index in [1.54, 1.807) is 4.90 Å². The van der Waals surface area contributed by atoms with E-state index >= 15 is 0 Å². The number of amides is 1. The summed E-state index contributed by atoms with van der Waals surface area (Å²) in [6.07, 6.45) is 1.50. The minimum Gasteiger partial charge on any atom is -0.450 e. The van der Waals surface area contributed by atoms with Crippen molar-refractivity contribution < 1.29 is 14.6 Å². The highest BCUT2D eigenvalue weighted by atomic mass is 127. The molecule has 124 valence electrons. The summed E-state index contributed by atoms with van der Waals surface area (Å²) in [5.41, 5.74) is 0. The van der Waals surface area contributed by atoms with Gasteiger partial charge in [0, 0.05) is 25.7 Å². The summed E-state index contributed by atoms with van der Waals surface area (Å²) in [6, 6.07) is 0.289. The van der Waals surface area contributed by atoms with Crippen LogP contribution in [-0.4, -0.2) is 67.5 Å². The monoisotopic (exact) mass is 414 g/mol. The zero-order chi connectivity index (χ0) is 14.8. The Hall–Kier alpha value is -0.770. The average molecular weight is 414 g/mol. The molecule has 3 N–H and O–H groups in total. The van der Waals surface area contributed by atoms with Crippen LogP contribution in [0.2, 0.25) is 0 Å². The summed E-state index contributed by atoms with van der Waals surface area (Å²) < 4.78 is 4.99. The minimum atomic E-state index is -0.230. The molecule has 0 spiro atoms. The number of rotatable bonds is 5. The predicted octanol–water partition coefficient (Wildman–Crippen LogP) is 0.773. The fourth-order valence-corrected chi connectivity index (χ4v) is 2.10. The van der Waals surface area contributed by atoms with E-state index in [1.165, 1.54) is 0 Å². The number of ether oxygens (including phenoxy) is 1. The zero-order valence-electron chi connectivity index (χ0n) is 12.8. The SMILES string of the molecule is CCNC(=NCCO)NC1CCN(C(=O)OCC)CC1.I. The number of carbonyl (C=O) groups excluding carboxylic acids is 1. The Balaban J connectivity index is 0.00000400. The number of hydrogen-bond acceptors (Lipinski definition) is 4. The molecule has 1 aliphatic heterocycles. The first-order valence-electron chi connectivity index (χ1n) is 7.28. The van der Waals surface area contributed by atoms with E-state index in [-0.39, 0.29) is 42.7 Å². The van der Waals surface area contributed by atoms with E-state index in [0.29, 0.717) is 26.2 Å². The summed E-state index contributed by atoms with van der Waals surface area (Å²) >= 11 is 0. The molecule has 8 heteroatoms. The van der Waals surface area contributed by atoms with Crippen molar-refractivity contribution in [1.82, 2.24) is 15.5 Å². The number of aliphatic imine (C=N–C) groups is 1. The summed E-state index contributed by atoms with van der Waals surface area (Å²) in [5, 5.41) is 15.3. The second-order valence-electron chi connectivity index (χ2n) is 4.59. The van der Waals surface area contributed by atoms with Gasteiger partial charge in [-0.3, -0.25) is 4.99 Å². The molecule has 1 amide bonds. The van der Waals surface area contributed by atoms with Gasteiger partial charge in [-0.25, -0.2) is 4.79 Å². The van der Waals surface area contributed by atoms with Gasteiger partial charge in [0.05, 0.1) is 19.8 Å². The Bertz CT molecular complexity index is 321. The zero-order valence-corrected chi connectivity index (χ0v) is 15.1. The fraction of sp³-hybridized carbons (Fsp3) is 0.846. The lowest BCUT2D eigenvalue weighted by atomic mass is 10.1. The van der Waals surface area contributed by atoms with Crippen molar-refractivity contribution in [2.24, 2.45) is 4.99 Å². The Morgan fingerprint density at radius 2 is 2.05 bits per heavy atom. The number of nitrogens with one attached hydrogen (secondary N) is 2. The van der Waals surface area contributed by atoms with Gasteiger partial charge >= 0.3 is 6.09 Å². The van der Waals surface area contributed by atoms with Gasteiger partial charge in [0.15, 0.2) is 5.96 Å². The van der Waals surface area contributed by atoms with Crippen molar-refractivity contribution in [2.45, 2.75) is 32.7 Å². The first-order chi connectivity index (χ1) is 9.71. The maximum atomic E-state index is 11.6. The van der Waals surface area contributed by atoms with Crippen LogP contribution in [0.5, 0.6) is 0 Å². The lowest BCUT2D eigenvalue weighted by molar-refractivity contribution is 0.0963. The van der Waals surface area contributed by atoms with Crippen molar-refractivity contribution in [1.29, 1.82) is 0 Å². The number of aliphatic hydroxyl groups is 1. The average Bonchev–Trinajstić information content (AvgIpc) is 2.46. The molecule has 0 aromatic heterocycles. The molecule has 0 saturated carbocycles. The van der Waals surface area contributed by atoms with E-state index in [0.717, 1.165) is 25.3 Å². The Morgan fingerprint density at radius 3 is 2.57 bits per heavy atom. The predicted molar refractivity (Wildman–Crippen MR) is 93.2 cm³/mol. The third kappa shape index (κ3) is 7.70. The number of carbonyl (C=O) groups is 1. The first kappa shape index (κ1) is 20.2. The maximum absolute atomic E-state index is 11.6. The van der Waals surface area contributed by atoms with E-state index < -0.39 is 0 Å². The standard InChI is InChI=1S/C13H26N4O3.HI/c1-3-14-12(15-7-10-18)16-11-5-8-17(9-6-11)13(19)20-4-2;/h11,18H,3-10H2,1-2H3,(H2,14,15,16);1H. The molecule has 0 aromatic carbocycles. The van der Waals surface area contributed by atoms with Gasteiger partial charge in [-0.05, 0) is 26.7 Å². The van der Waals surface area contributed by atoms with Gasteiger partial charge in [0.1, 0.15) is 0 Å². The summed E-state index contributed by atoms with van der Waals surface area (Å²) in [6.45, 7) is 6.81. The number of likely N-dealkylation sites (tertiary alicyclic amines) is 1. The van der Waals surface area contributed by atoms with Gasteiger partial charge in [-0.15, -0.1) is 24.0 Å². The van der Waals surface area contributed by atoms with Gasteiger partial charge in [0.2, 0.25) is 0 Å². The molecule has 1 rings (SSSR count). The quantitative estimate of drug-likeness (QED) is 0.352. The van der Waals surface area contributed by atoms with Crippen molar-refractivity contribution in [3.63, 3.8) is 0 Å². The Morgan fingerprint density at radius 1 is 1.38 bits per heavy atom. The molecule has 0 aromatic rings. The van der Waals surface area contributed by atoms with Crippen LogP contribution in [0.3, 0.4) is 0 Å². The van der Waals surface area contributed by atoms with Gasteiger partial charge in [-0.2, -0.15) is 0 Å². The molecule has 0 aliphatic carbocycles.